The molecule has 0 spiro atoms. The maximum absolute atomic E-state index is 11.2. The fourth-order valence-electron chi connectivity index (χ4n) is 2.23. The van der Waals surface area contributed by atoms with Gasteiger partial charge in [0.2, 0.25) is 0 Å². The zero-order valence-corrected chi connectivity index (χ0v) is 10.2. The number of nitrogens with zero attached hydrogens (tertiary/aromatic N) is 1. The van der Waals surface area contributed by atoms with Crippen molar-refractivity contribution in [3.8, 4) is 0 Å². The molecule has 2 aliphatic carbocycles. The Bertz CT molecular complexity index is 369. The summed E-state index contributed by atoms with van der Waals surface area (Å²) >= 11 is 0. The summed E-state index contributed by atoms with van der Waals surface area (Å²) in [7, 11) is -4.35. The van der Waals surface area contributed by atoms with E-state index in [9.17, 15) is 13.0 Å². The molecule has 0 aliphatic heterocycles. The predicted octanol–water partition coefficient (Wildman–Crippen LogP) is -1.81. The molecule has 2 atom stereocenters. The molecule has 16 heavy (non-hydrogen) atoms. The SMILES string of the molecule is O=S(=O)([O-])N(C1C=CCC1)C1C=CCC1.[Li+]. The van der Waals surface area contributed by atoms with Crippen molar-refractivity contribution in [1.29, 1.82) is 0 Å². The largest absolute Gasteiger partial charge is 1.00 e. The van der Waals surface area contributed by atoms with E-state index in [0.29, 0.717) is 0 Å². The van der Waals surface area contributed by atoms with Gasteiger partial charge in [0.15, 0.2) is 10.3 Å². The molecular weight excluding hydrogens is 221 g/mol. The van der Waals surface area contributed by atoms with Gasteiger partial charge in [-0.15, -0.1) is 0 Å². The minimum absolute atomic E-state index is 0. The van der Waals surface area contributed by atoms with Crippen LogP contribution in [0.25, 0.3) is 0 Å². The van der Waals surface area contributed by atoms with E-state index >= 15 is 0 Å². The molecule has 0 heterocycles. The minimum atomic E-state index is -4.35. The minimum Gasteiger partial charge on any atom is -0.735 e. The Morgan fingerprint density at radius 3 is 1.75 bits per heavy atom. The van der Waals surface area contributed by atoms with Crippen molar-refractivity contribution in [3.05, 3.63) is 24.3 Å². The van der Waals surface area contributed by atoms with Crippen molar-refractivity contribution in [2.24, 2.45) is 0 Å². The molecule has 0 aromatic carbocycles. The van der Waals surface area contributed by atoms with Crippen molar-refractivity contribution in [2.45, 2.75) is 37.8 Å². The first-order valence-corrected chi connectivity index (χ1v) is 6.53. The summed E-state index contributed by atoms with van der Waals surface area (Å²) in [6.45, 7) is 0. The molecule has 6 heteroatoms. The number of allylic oxidation sites excluding steroid dienone is 2. The molecule has 0 saturated heterocycles. The van der Waals surface area contributed by atoms with Gasteiger partial charge in [0, 0.05) is 12.1 Å². The van der Waals surface area contributed by atoms with Gasteiger partial charge in [-0.2, -0.15) is 4.31 Å². The van der Waals surface area contributed by atoms with Crippen LogP contribution in [-0.2, 0) is 10.3 Å². The van der Waals surface area contributed by atoms with Crippen molar-refractivity contribution in [1.82, 2.24) is 4.31 Å². The number of hydrogen-bond acceptors (Lipinski definition) is 3. The molecule has 0 N–H and O–H groups in total. The van der Waals surface area contributed by atoms with Crippen LogP contribution in [0.1, 0.15) is 25.7 Å². The average Bonchev–Trinajstić information content (AvgIpc) is 2.73. The van der Waals surface area contributed by atoms with E-state index < -0.39 is 10.3 Å². The molecule has 2 rings (SSSR count). The van der Waals surface area contributed by atoms with Gasteiger partial charge in [0.25, 0.3) is 0 Å². The van der Waals surface area contributed by atoms with Gasteiger partial charge in [-0.05, 0) is 25.7 Å². The van der Waals surface area contributed by atoms with E-state index in [-0.39, 0.29) is 30.9 Å². The molecule has 2 unspecified atom stereocenters. The monoisotopic (exact) mass is 235 g/mol. The third-order valence-corrected chi connectivity index (χ3v) is 3.94. The standard InChI is InChI=1S/C10H15NO3S.Li/c12-15(13,14)11(9-5-1-2-6-9)10-7-3-4-8-10;/h1,3,5,7,9-10H,2,4,6,8H2,(H,12,13,14);/q;+1/p-1. The summed E-state index contributed by atoms with van der Waals surface area (Å²) in [5.41, 5.74) is 0. The van der Waals surface area contributed by atoms with Gasteiger partial charge in [-0.3, -0.25) is 0 Å². The molecule has 0 fully saturated rings. The summed E-state index contributed by atoms with van der Waals surface area (Å²) in [5, 5.41) is 0. The van der Waals surface area contributed by atoms with Gasteiger partial charge in [-0.25, -0.2) is 8.42 Å². The quantitative estimate of drug-likeness (QED) is 0.329. The van der Waals surface area contributed by atoms with Crippen LogP contribution in [0.15, 0.2) is 24.3 Å². The van der Waals surface area contributed by atoms with Gasteiger partial charge in [-0.1, -0.05) is 24.3 Å². The first-order chi connectivity index (χ1) is 7.09. The molecule has 0 aromatic rings. The van der Waals surface area contributed by atoms with Crippen LogP contribution in [0, 0.1) is 0 Å². The van der Waals surface area contributed by atoms with Crippen LogP contribution in [0.2, 0.25) is 0 Å². The second-order valence-electron chi connectivity index (χ2n) is 3.93. The molecule has 2 aliphatic rings. The topological polar surface area (TPSA) is 60.4 Å². The van der Waals surface area contributed by atoms with Crippen molar-refractivity contribution in [2.75, 3.05) is 0 Å². The van der Waals surface area contributed by atoms with E-state index in [4.69, 9.17) is 0 Å². The molecular formula is C10H14LiNO3S. The average molecular weight is 235 g/mol. The van der Waals surface area contributed by atoms with Crippen molar-refractivity contribution in [3.63, 3.8) is 0 Å². The van der Waals surface area contributed by atoms with Crippen molar-refractivity contribution >= 4 is 10.3 Å². The predicted molar refractivity (Wildman–Crippen MR) is 55.9 cm³/mol. The van der Waals surface area contributed by atoms with E-state index in [1.165, 1.54) is 0 Å². The van der Waals surface area contributed by atoms with Crippen LogP contribution in [0.3, 0.4) is 0 Å². The van der Waals surface area contributed by atoms with E-state index in [1.807, 2.05) is 24.3 Å². The maximum Gasteiger partial charge on any atom is 1.00 e. The zero-order valence-electron chi connectivity index (χ0n) is 9.37. The maximum atomic E-state index is 11.2. The van der Waals surface area contributed by atoms with E-state index in [1.54, 1.807) is 0 Å². The Labute approximate surface area is 108 Å². The third kappa shape index (κ3) is 2.99. The summed E-state index contributed by atoms with van der Waals surface area (Å²) in [5.74, 6) is 0. The molecule has 4 nitrogen and oxygen atoms in total. The molecule has 0 bridgehead atoms. The fraction of sp³-hybridized carbons (Fsp3) is 0.600. The van der Waals surface area contributed by atoms with Gasteiger partial charge in [0.1, 0.15) is 0 Å². The van der Waals surface area contributed by atoms with Crippen molar-refractivity contribution < 1.29 is 31.8 Å². The molecule has 0 aromatic heterocycles. The van der Waals surface area contributed by atoms with E-state index in [2.05, 4.69) is 0 Å². The molecule has 84 valence electrons. The summed E-state index contributed by atoms with van der Waals surface area (Å²) in [4.78, 5) is 0. The zero-order chi connectivity index (χ0) is 10.9. The smallest absolute Gasteiger partial charge is 0.735 e. The third-order valence-electron chi connectivity index (χ3n) is 2.89. The van der Waals surface area contributed by atoms with Gasteiger partial charge in [0.05, 0.1) is 0 Å². The first kappa shape index (κ1) is 14.0. The first-order valence-electron chi connectivity index (χ1n) is 5.17. The Balaban J connectivity index is 0.00000128. The summed E-state index contributed by atoms with van der Waals surface area (Å²) < 4.78 is 34.7. The Morgan fingerprint density at radius 2 is 1.50 bits per heavy atom. The Morgan fingerprint density at radius 1 is 1.06 bits per heavy atom. The van der Waals surface area contributed by atoms with Crippen LogP contribution < -0.4 is 18.9 Å². The van der Waals surface area contributed by atoms with Gasteiger partial charge >= 0.3 is 18.9 Å². The van der Waals surface area contributed by atoms with E-state index in [0.717, 1.165) is 30.0 Å². The van der Waals surface area contributed by atoms with Gasteiger partial charge < -0.3 is 4.55 Å². The number of rotatable bonds is 3. The molecule has 0 amide bonds. The van der Waals surface area contributed by atoms with Crippen LogP contribution in [0.4, 0.5) is 0 Å². The fourth-order valence-corrected chi connectivity index (χ4v) is 3.25. The van der Waals surface area contributed by atoms with Crippen LogP contribution in [-0.4, -0.2) is 29.4 Å². The second-order valence-corrected chi connectivity index (χ2v) is 5.21. The molecule has 0 saturated carbocycles. The Hall–Kier alpha value is -0.0526. The van der Waals surface area contributed by atoms with Crippen LogP contribution in [0.5, 0.6) is 0 Å². The van der Waals surface area contributed by atoms with Crippen LogP contribution >= 0.6 is 0 Å². The normalized spacial score (nSPS) is 28.6. The Kier molecular flexibility index (Phi) is 4.84. The molecule has 0 radical (unpaired) electrons. The number of hydrogen-bond donors (Lipinski definition) is 0. The second kappa shape index (κ2) is 5.52. The summed E-state index contributed by atoms with van der Waals surface area (Å²) in [6.07, 6.45) is 10.7. The summed E-state index contributed by atoms with van der Waals surface area (Å²) in [6, 6.07) is -0.472.